The van der Waals surface area contributed by atoms with Crippen LogP contribution in [0, 0.1) is 0 Å². The minimum atomic E-state index is -3.56. The average Bonchev–Trinajstić information content (AvgIpc) is 2.18. The van der Waals surface area contributed by atoms with Gasteiger partial charge < -0.3 is 4.74 Å². The van der Waals surface area contributed by atoms with Crippen molar-refractivity contribution in [2.75, 3.05) is 7.11 Å². The maximum absolute atomic E-state index is 11.1. The van der Waals surface area contributed by atoms with Gasteiger partial charge in [-0.15, -0.1) is 4.24 Å². The first kappa shape index (κ1) is 14.2. The van der Waals surface area contributed by atoms with E-state index in [0.717, 1.165) is 0 Å². The van der Waals surface area contributed by atoms with Gasteiger partial charge in [0.2, 0.25) is 0 Å². The molecular weight excluding hydrogens is 237 g/mol. The van der Waals surface area contributed by atoms with Crippen LogP contribution in [0.2, 0.25) is 0 Å². The molecule has 14 heavy (non-hydrogen) atoms. The SMILES string of the molecule is COc1ccc(S(=O)(=O)NCl)cc1.[NaH]. The number of benzene rings is 1. The number of hydrogen-bond donors (Lipinski definition) is 1. The number of nitrogens with one attached hydrogen (secondary N) is 1. The topological polar surface area (TPSA) is 55.4 Å². The number of hydrogen-bond acceptors (Lipinski definition) is 3. The Hall–Kier alpha value is 0.220. The van der Waals surface area contributed by atoms with E-state index in [9.17, 15) is 8.42 Å². The van der Waals surface area contributed by atoms with Crippen LogP contribution in [0.1, 0.15) is 0 Å². The Kier molecular flexibility index (Phi) is 6.04. The van der Waals surface area contributed by atoms with Gasteiger partial charge in [-0.3, -0.25) is 0 Å². The van der Waals surface area contributed by atoms with Crippen LogP contribution in [0.5, 0.6) is 5.75 Å². The van der Waals surface area contributed by atoms with Gasteiger partial charge in [-0.25, -0.2) is 8.42 Å². The summed E-state index contributed by atoms with van der Waals surface area (Å²) in [6.07, 6.45) is 0. The fourth-order valence-electron chi connectivity index (χ4n) is 0.799. The van der Waals surface area contributed by atoms with Gasteiger partial charge in [0, 0.05) is 0 Å². The summed E-state index contributed by atoms with van der Waals surface area (Å²) in [4.78, 5) is 0.100. The van der Waals surface area contributed by atoms with Crippen molar-refractivity contribution in [3.8, 4) is 5.75 Å². The molecule has 0 saturated carbocycles. The van der Waals surface area contributed by atoms with Gasteiger partial charge in [0.25, 0.3) is 10.0 Å². The quantitative estimate of drug-likeness (QED) is 0.623. The van der Waals surface area contributed by atoms with Crippen LogP contribution in [0.25, 0.3) is 0 Å². The molecule has 0 aliphatic carbocycles. The molecule has 0 aromatic heterocycles. The van der Waals surface area contributed by atoms with Crippen molar-refractivity contribution in [1.82, 2.24) is 4.24 Å². The van der Waals surface area contributed by atoms with Crippen molar-refractivity contribution in [1.29, 1.82) is 0 Å². The molecule has 7 heteroatoms. The van der Waals surface area contributed by atoms with E-state index in [4.69, 9.17) is 16.5 Å². The van der Waals surface area contributed by atoms with Crippen LogP contribution in [0.4, 0.5) is 0 Å². The molecule has 0 heterocycles. The Balaban J connectivity index is 0.00000169. The zero-order valence-corrected chi connectivity index (χ0v) is 8.39. The van der Waals surface area contributed by atoms with Crippen molar-refractivity contribution in [2.45, 2.75) is 4.90 Å². The number of ether oxygens (including phenoxy) is 1. The van der Waals surface area contributed by atoms with E-state index >= 15 is 0 Å². The van der Waals surface area contributed by atoms with Crippen molar-refractivity contribution in [3.63, 3.8) is 0 Å². The van der Waals surface area contributed by atoms with Gasteiger partial charge in [0.15, 0.2) is 0 Å². The van der Waals surface area contributed by atoms with E-state index < -0.39 is 10.0 Å². The van der Waals surface area contributed by atoms with Crippen LogP contribution < -0.4 is 8.98 Å². The molecule has 74 valence electrons. The fraction of sp³-hybridized carbons (Fsp3) is 0.143. The summed E-state index contributed by atoms with van der Waals surface area (Å²) in [6, 6.07) is 5.90. The maximum atomic E-state index is 11.1. The average molecular weight is 246 g/mol. The second kappa shape index (κ2) is 5.95. The summed E-state index contributed by atoms with van der Waals surface area (Å²) in [7, 11) is -2.06. The molecule has 0 radical (unpaired) electrons. The molecule has 0 aliphatic heterocycles. The van der Waals surface area contributed by atoms with Gasteiger partial charge in [-0.2, -0.15) is 0 Å². The zero-order chi connectivity index (χ0) is 9.90. The van der Waals surface area contributed by atoms with Gasteiger partial charge in [-0.05, 0) is 36.0 Å². The minimum absolute atomic E-state index is 0. The first-order valence-corrected chi connectivity index (χ1v) is 5.23. The Bertz CT molecular complexity index is 378. The second-order valence-corrected chi connectivity index (χ2v) is 4.35. The fourth-order valence-corrected chi connectivity index (χ4v) is 1.65. The van der Waals surface area contributed by atoms with Gasteiger partial charge >= 0.3 is 29.6 Å². The Labute approximate surface area is 110 Å². The Morgan fingerprint density at radius 1 is 1.29 bits per heavy atom. The van der Waals surface area contributed by atoms with E-state index in [1.54, 1.807) is 16.4 Å². The molecule has 4 nitrogen and oxygen atoms in total. The third-order valence-electron chi connectivity index (χ3n) is 1.47. The molecule has 0 unspecified atom stereocenters. The van der Waals surface area contributed by atoms with Crippen LogP contribution in [0.3, 0.4) is 0 Å². The van der Waals surface area contributed by atoms with Crippen LogP contribution in [-0.2, 0) is 10.0 Å². The standard InChI is InChI=1S/C7H8ClNO3S.Na.H/c1-12-6-2-4-7(5-3-6)13(10,11)9-8;;/h2-5,9H,1H3;;. The number of sulfonamides is 1. The zero-order valence-electron chi connectivity index (χ0n) is 6.82. The number of halogens is 1. The Morgan fingerprint density at radius 2 is 1.79 bits per heavy atom. The number of rotatable bonds is 3. The molecule has 1 aromatic carbocycles. The van der Waals surface area contributed by atoms with Crippen molar-refractivity contribution < 1.29 is 13.2 Å². The predicted octanol–water partition coefficient (Wildman–Crippen LogP) is 0.479. The van der Waals surface area contributed by atoms with Crippen molar-refractivity contribution >= 4 is 51.4 Å². The molecule has 0 spiro atoms. The van der Waals surface area contributed by atoms with E-state index in [2.05, 4.69) is 0 Å². The Morgan fingerprint density at radius 3 is 2.14 bits per heavy atom. The molecule has 1 rings (SSSR count). The van der Waals surface area contributed by atoms with Crippen LogP contribution >= 0.6 is 11.8 Å². The van der Waals surface area contributed by atoms with Crippen LogP contribution in [0.15, 0.2) is 29.2 Å². The van der Waals surface area contributed by atoms with Crippen molar-refractivity contribution in [3.05, 3.63) is 24.3 Å². The molecular formula is C7H9ClNNaO3S. The van der Waals surface area contributed by atoms with E-state index in [-0.39, 0.29) is 34.5 Å². The van der Waals surface area contributed by atoms with Gasteiger partial charge in [0.05, 0.1) is 12.0 Å². The normalized spacial score (nSPS) is 10.4. The van der Waals surface area contributed by atoms with E-state index in [0.29, 0.717) is 5.75 Å². The summed E-state index contributed by atoms with van der Waals surface area (Å²) in [5, 5.41) is 0. The van der Waals surface area contributed by atoms with Crippen molar-refractivity contribution in [2.24, 2.45) is 0 Å². The van der Waals surface area contributed by atoms with Crippen LogP contribution in [-0.4, -0.2) is 45.1 Å². The third-order valence-corrected chi connectivity index (χ3v) is 3.18. The summed E-state index contributed by atoms with van der Waals surface area (Å²) >= 11 is 5.03. The third kappa shape index (κ3) is 3.42. The van der Waals surface area contributed by atoms with Gasteiger partial charge in [0.1, 0.15) is 5.75 Å². The molecule has 0 atom stereocenters. The molecule has 1 N–H and O–H groups in total. The molecule has 0 amide bonds. The molecule has 0 aliphatic rings. The summed E-state index contributed by atoms with van der Waals surface area (Å²) in [5.41, 5.74) is 0. The van der Waals surface area contributed by atoms with E-state index in [1.807, 2.05) is 0 Å². The second-order valence-electron chi connectivity index (χ2n) is 2.26. The number of methoxy groups -OCH3 is 1. The first-order valence-electron chi connectivity index (χ1n) is 3.36. The molecule has 0 fully saturated rings. The summed E-state index contributed by atoms with van der Waals surface area (Å²) < 4.78 is 28.8. The van der Waals surface area contributed by atoms with E-state index in [1.165, 1.54) is 19.2 Å². The summed E-state index contributed by atoms with van der Waals surface area (Å²) in [6.45, 7) is 0. The van der Waals surface area contributed by atoms with Gasteiger partial charge in [-0.1, -0.05) is 0 Å². The monoisotopic (exact) mass is 245 g/mol. The predicted molar refractivity (Wildman–Crippen MR) is 56.3 cm³/mol. The summed E-state index contributed by atoms with van der Waals surface area (Å²) in [5.74, 6) is 0.591. The first-order chi connectivity index (χ1) is 6.10. The molecule has 1 aromatic rings. The molecule has 0 bridgehead atoms. The molecule has 0 saturated heterocycles.